The molecule has 0 saturated carbocycles. The molecule has 2 unspecified atom stereocenters. The molecule has 0 N–H and O–H groups in total. The van der Waals surface area contributed by atoms with Crippen molar-refractivity contribution in [2.24, 2.45) is 0 Å². The minimum atomic E-state index is -0.583. The maximum absolute atomic E-state index is 2.54. The van der Waals surface area contributed by atoms with E-state index in [9.17, 15) is 0 Å². The highest BCUT2D eigenvalue weighted by Crippen LogP contribution is 2.63. The van der Waals surface area contributed by atoms with Gasteiger partial charge in [0.25, 0.3) is 0 Å². The second-order valence-corrected chi connectivity index (χ2v) is 19.0. The first-order valence-corrected chi connectivity index (χ1v) is 23.4. The number of hydrogen-bond acceptors (Lipinski definition) is 0. The average Bonchev–Trinajstić information content (AvgIpc) is 3.96. The van der Waals surface area contributed by atoms with Gasteiger partial charge in [-0.2, -0.15) is 0 Å². The summed E-state index contributed by atoms with van der Waals surface area (Å²) in [7, 11) is 0. The third-order valence-electron chi connectivity index (χ3n) is 15.6. The molecule has 11 aromatic rings. The molecular weight excluding hydrogens is 795 g/mol. The molecule has 2 heterocycles. The average molecular weight is 840 g/mol. The van der Waals surface area contributed by atoms with E-state index in [2.05, 4.69) is 249 Å². The van der Waals surface area contributed by atoms with Gasteiger partial charge in [0.1, 0.15) is 0 Å². The number of nitrogens with zero attached hydrogens (tertiary/aromatic N) is 1. The van der Waals surface area contributed by atoms with E-state index in [4.69, 9.17) is 0 Å². The first-order chi connectivity index (χ1) is 32.5. The van der Waals surface area contributed by atoms with Gasteiger partial charge in [-0.1, -0.05) is 232 Å². The molecule has 1 nitrogen and oxygen atoms in total. The molecule has 0 saturated heterocycles. The van der Waals surface area contributed by atoms with Crippen LogP contribution in [0.25, 0.3) is 72.0 Å². The highest BCUT2D eigenvalue weighted by atomic mass is 15.0. The Hall–Kier alpha value is -8.00. The van der Waals surface area contributed by atoms with E-state index >= 15 is 0 Å². The molecule has 14 rings (SSSR count). The Morgan fingerprint density at radius 1 is 0.364 bits per heavy atom. The van der Waals surface area contributed by atoms with Crippen molar-refractivity contribution in [1.29, 1.82) is 0 Å². The number of hydrogen-bond donors (Lipinski definition) is 0. The van der Waals surface area contributed by atoms with Gasteiger partial charge in [0.15, 0.2) is 0 Å². The van der Waals surface area contributed by atoms with Crippen molar-refractivity contribution in [2.75, 3.05) is 0 Å². The van der Waals surface area contributed by atoms with Gasteiger partial charge in [0.05, 0.1) is 22.1 Å². The van der Waals surface area contributed by atoms with Crippen LogP contribution >= 0.6 is 0 Å². The second-order valence-electron chi connectivity index (χ2n) is 19.0. The maximum atomic E-state index is 2.54. The van der Waals surface area contributed by atoms with Crippen LogP contribution in [-0.4, -0.2) is 4.57 Å². The number of benzene rings is 10. The van der Waals surface area contributed by atoms with E-state index < -0.39 is 5.41 Å². The Labute approximate surface area is 385 Å². The minimum Gasteiger partial charge on any atom is -0.309 e. The topological polar surface area (TPSA) is 4.93 Å². The van der Waals surface area contributed by atoms with Crippen molar-refractivity contribution in [3.8, 4) is 50.2 Å². The van der Waals surface area contributed by atoms with E-state index in [0.717, 1.165) is 0 Å². The second kappa shape index (κ2) is 13.8. The Bertz CT molecular complexity index is 3790. The molecule has 0 amide bonds. The highest BCUT2D eigenvalue weighted by Gasteiger charge is 2.52. The fraction of sp³-hybridized carbons (Fsp3) is 0.0769. The highest BCUT2D eigenvalue weighted by molar-refractivity contribution is 6.13. The summed E-state index contributed by atoms with van der Waals surface area (Å²) in [5.74, 6) is -0.0666. The van der Waals surface area contributed by atoms with Gasteiger partial charge in [-0.15, -0.1) is 0 Å². The van der Waals surface area contributed by atoms with Crippen LogP contribution in [0.4, 0.5) is 0 Å². The molecule has 310 valence electrons. The van der Waals surface area contributed by atoms with Gasteiger partial charge in [-0.25, -0.2) is 0 Å². The van der Waals surface area contributed by atoms with Crippen molar-refractivity contribution in [2.45, 2.75) is 30.6 Å². The lowest BCUT2D eigenvalue weighted by molar-refractivity contribution is 0.659. The predicted molar refractivity (Wildman–Crippen MR) is 274 cm³/mol. The number of aromatic nitrogens is 1. The number of rotatable bonds is 5. The lowest BCUT2D eigenvalue weighted by Crippen LogP contribution is -2.34. The summed E-state index contributed by atoms with van der Waals surface area (Å²) in [6, 6.07) is 87.2. The van der Waals surface area contributed by atoms with Crippen molar-refractivity contribution in [3.05, 3.63) is 281 Å². The molecule has 0 fully saturated rings. The van der Waals surface area contributed by atoms with Crippen molar-refractivity contribution < 1.29 is 0 Å². The third kappa shape index (κ3) is 4.84. The molecule has 1 aromatic heterocycles. The molecular formula is C65H45N. The first-order valence-electron chi connectivity index (χ1n) is 23.4. The van der Waals surface area contributed by atoms with Crippen molar-refractivity contribution in [1.82, 2.24) is 4.57 Å². The summed E-state index contributed by atoms with van der Waals surface area (Å²) in [4.78, 5) is 0. The van der Waals surface area contributed by atoms with Crippen LogP contribution in [0.1, 0.15) is 69.8 Å². The number of para-hydroxylation sites is 3. The number of fused-ring (bicyclic) bond motifs is 15. The summed E-state index contributed by atoms with van der Waals surface area (Å²) in [5.41, 5.74) is 25.4. The fourth-order valence-corrected chi connectivity index (χ4v) is 12.9. The first kappa shape index (κ1) is 37.4. The zero-order chi connectivity index (χ0) is 43.7. The van der Waals surface area contributed by atoms with Crippen LogP contribution in [0.5, 0.6) is 0 Å². The normalized spacial score (nSPS) is 16.2. The summed E-state index contributed by atoms with van der Waals surface area (Å²) in [5, 5.41) is 2.58. The van der Waals surface area contributed by atoms with Crippen molar-refractivity contribution in [3.63, 3.8) is 0 Å². The molecule has 2 aliphatic carbocycles. The molecule has 10 aromatic carbocycles. The molecule has 3 aliphatic rings. The Morgan fingerprint density at radius 3 is 1.74 bits per heavy atom. The van der Waals surface area contributed by atoms with E-state index in [0.29, 0.717) is 0 Å². The minimum absolute atomic E-state index is 0.0666. The van der Waals surface area contributed by atoms with Gasteiger partial charge in [0, 0.05) is 22.1 Å². The monoisotopic (exact) mass is 839 g/mol. The summed E-state index contributed by atoms with van der Waals surface area (Å²) >= 11 is 0. The standard InChI is InChI=1S/C65H45N/c1-64(2)53-30-11-9-25-51(53)61-52(29-18-33-56(61)64)60(43-39-37-42(38-40-43)41-19-4-3-5-20-41)47-24-7-6-21-44(47)48-26-16-27-49-45-22-8-12-31-54(45)65(62(48)49)55-32-13-15-36-59(55)66-58-35-14-10-23-46(58)50-28-17-34-57(65)63(50)66/h3-40,60H,1-2H3. The molecule has 0 radical (unpaired) electrons. The fourth-order valence-electron chi connectivity index (χ4n) is 12.9. The van der Waals surface area contributed by atoms with Gasteiger partial charge in [-0.3, -0.25) is 0 Å². The summed E-state index contributed by atoms with van der Waals surface area (Å²) in [6.07, 6.45) is 0. The zero-order valence-electron chi connectivity index (χ0n) is 37.0. The van der Waals surface area contributed by atoms with E-state index in [1.54, 1.807) is 0 Å². The quantitative estimate of drug-likeness (QED) is 0.152. The van der Waals surface area contributed by atoms with E-state index in [1.165, 1.54) is 122 Å². The van der Waals surface area contributed by atoms with Gasteiger partial charge >= 0.3 is 0 Å². The molecule has 1 heteroatoms. The smallest absolute Gasteiger partial charge is 0.0760 e. The van der Waals surface area contributed by atoms with E-state index in [1.807, 2.05) is 0 Å². The molecule has 1 aliphatic heterocycles. The van der Waals surface area contributed by atoms with Crippen LogP contribution in [0.3, 0.4) is 0 Å². The SMILES string of the molecule is CC1(C)c2ccccc2-c2c(C(c3ccc(-c4ccccc4)cc3)c3ccccc3-c3cccc4c3C3(c5ccccc5-4)c4ccccc4-n4c5ccccc5c5cccc3c54)cccc21. The summed E-state index contributed by atoms with van der Waals surface area (Å²) < 4.78 is 2.54. The molecule has 2 atom stereocenters. The van der Waals surface area contributed by atoms with Crippen LogP contribution in [0, 0.1) is 0 Å². The van der Waals surface area contributed by atoms with Gasteiger partial charge < -0.3 is 4.57 Å². The Kier molecular flexibility index (Phi) is 7.79. The summed E-state index contributed by atoms with van der Waals surface area (Å²) in [6.45, 7) is 4.79. The van der Waals surface area contributed by atoms with Crippen LogP contribution in [0.2, 0.25) is 0 Å². The largest absolute Gasteiger partial charge is 0.309 e. The van der Waals surface area contributed by atoms with E-state index in [-0.39, 0.29) is 11.3 Å². The Morgan fingerprint density at radius 2 is 0.909 bits per heavy atom. The van der Waals surface area contributed by atoms with Gasteiger partial charge in [0.2, 0.25) is 0 Å². The zero-order valence-corrected chi connectivity index (χ0v) is 37.0. The Balaban J connectivity index is 1.08. The van der Waals surface area contributed by atoms with Gasteiger partial charge in [-0.05, 0) is 107 Å². The lowest BCUT2D eigenvalue weighted by atomic mass is 9.63. The predicted octanol–water partition coefficient (Wildman–Crippen LogP) is 16.3. The van der Waals surface area contributed by atoms with Crippen LogP contribution < -0.4 is 0 Å². The van der Waals surface area contributed by atoms with Crippen LogP contribution in [0.15, 0.2) is 231 Å². The molecule has 1 spiro atoms. The lowest BCUT2D eigenvalue weighted by Gasteiger charge is -2.40. The van der Waals surface area contributed by atoms with Crippen molar-refractivity contribution >= 4 is 21.8 Å². The molecule has 0 bridgehead atoms. The molecule has 66 heavy (non-hydrogen) atoms. The van der Waals surface area contributed by atoms with Crippen LogP contribution in [-0.2, 0) is 10.8 Å². The third-order valence-corrected chi connectivity index (χ3v) is 15.6. The maximum Gasteiger partial charge on any atom is 0.0760 e.